The number of fused-ring (bicyclic) bond motifs is 1. The predicted molar refractivity (Wildman–Crippen MR) is 73.4 cm³/mol. The summed E-state index contributed by atoms with van der Waals surface area (Å²) in [6.07, 6.45) is 2.41. The lowest BCUT2D eigenvalue weighted by Crippen LogP contribution is -2.14. The predicted octanol–water partition coefficient (Wildman–Crippen LogP) is 3.64. The summed E-state index contributed by atoms with van der Waals surface area (Å²) >= 11 is 1.69. The number of rotatable bonds is 5. The van der Waals surface area contributed by atoms with Gasteiger partial charge in [0.15, 0.2) is 0 Å². The Labute approximate surface area is 106 Å². The van der Waals surface area contributed by atoms with Crippen molar-refractivity contribution in [3.63, 3.8) is 0 Å². The van der Waals surface area contributed by atoms with Gasteiger partial charge < -0.3 is 5.11 Å². The molecule has 1 heterocycles. The zero-order valence-corrected chi connectivity index (χ0v) is 11.2. The Bertz CT molecular complexity index is 447. The number of para-hydroxylation sites is 1. The molecule has 0 aliphatic carbocycles. The van der Waals surface area contributed by atoms with E-state index in [-0.39, 0.29) is 6.10 Å². The fourth-order valence-corrected chi connectivity index (χ4v) is 2.96. The maximum atomic E-state index is 10.00. The molecule has 2 rings (SSSR count). The number of benzene rings is 1. The summed E-state index contributed by atoms with van der Waals surface area (Å²) in [5, 5.41) is 11.0. The summed E-state index contributed by atoms with van der Waals surface area (Å²) < 4.78 is 1.21. The normalized spacial score (nSPS) is 15.0. The van der Waals surface area contributed by atoms with Gasteiger partial charge in [-0.2, -0.15) is 0 Å². The van der Waals surface area contributed by atoms with Crippen molar-refractivity contribution in [2.75, 3.05) is 0 Å². The Kier molecular flexibility index (Phi) is 4.13. The molecule has 2 nitrogen and oxygen atoms in total. The van der Waals surface area contributed by atoms with Crippen molar-refractivity contribution in [2.24, 2.45) is 5.92 Å². The molecule has 1 aromatic carbocycles. The van der Waals surface area contributed by atoms with Crippen molar-refractivity contribution < 1.29 is 5.11 Å². The molecule has 0 saturated heterocycles. The van der Waals surface area contributed by atoms with E-state index in [1.54, 1.807) is 11.3 Å². The monoisotopic (exact) mass is 249 g/mol. The Morgan fingerprint density at radius 2 is 2.12 bits per heavy atom. The molecular weight excluding hydrogens is 230 g/mol. The van der Waals surface area contributed by atoms with Crippen molar-refractivity contribution >= 4 is 21.6 Å². The van der Waals surface area contributed by atoms with E-state index in [2.05, 4.69) is 24.9 Å². The average molecular weight is 249 g/mol. The topological polar surface area (TPSA) is 33.1 Å². The molecule has 1 N–H and O–H groups in total. The first-order chi connectivity index (χ1) is 8.19. The molecule has 0 aliphatic rings. The SMILES string of the molecule is CCC(C)CC(O)Cc1nc2ccccc2s1. The largest absolute Gasteiger partial charge is 0.393 e. The van der Waals surface area contributed by atoms with Crippen LogP contribution in [0.15, 0.2) is 24.3 Å². The first-order valence-corrected chi connectivity index (χ1v) is 7.03. The summed E-state index contributed by atoms with van der Waals surface area (Å²) in [5.74, 6) is 0.583. The highest BCUT2D eigenvalue weighted by Crippen LogP contribution is 2.23. The Morgan fingerprint density at radius 1 is 1.35 bits per heavy atom. The lowest BCUT2D eigenvalue weighted by atomic mass is 10.00. The second kappa shape index (κ2) is 5.61. The van der Waals surface area contributed by atoms with Crippen molar-refractivity contribution in [3.05, 3.63) is 29.3 Å². The van der Waals surface area contributed by atoms with E-state index in [9.17, 15) is 5.11 Å². The van der Waals surface area contributed by atoms with E-state index in [0.29, 0.717) is 12.3 Å². The first-order valence-electron chi connectivity index (χ1n) is 6.21. The minimum absolute atomic E-state index is 0.259. The zero-order valence-electron chi connectivity index (χ0n) is 10.4. The Morgan fingerprint density at radius 3 is 2.82 bits per heavy atom. The number of hydrogen-bond acceptors (Lipinski definition) is 3. The molecule has 2 atom stereocenters. The Hall–Kier alpha value is -0.930. The van der Waals surface area contributed by atoms with Crippen LogP contribution in [0.5, 0.6) is 0 Å². The van der Waals surface area contributed by atoms with Crippen LogP contribution in [0.3, 0.4) is 0 Å². The average Bonchev–Trinajstić information content (AvgIpc) is 2.70. The van der Waals surface area contributed by atoms with Crippen LogP contribution >= 0.6 is 11.3 Å². The quantitative estimate of drug-likeness (QED) is 0.877. The van der Waals surface area contributed by atoms with Crippen LogP contribution in [0.25, 0.3) is 10.2 Å². The molecular formula is C14H19NOS. The number of aromatic nitrogens is 1. The van der Waals surface area contributed by atoms with Gasteiger partial charge in [0.05, 0.1) is 21.3 Å². The molecule has 0 fully saturated rings. The second-order valence-electron chi connectivity index (χ2n) is 4.68. The van der Waals surface area contributed by atoms with Crippen LogP contribution in [0, 0.1) is 5.92 Å². The van der Waals surface area contributed by atoms with Crippen LogP contribution in [-0.2, 0) is 6.42 Å². The van der Waals surface area contributed by atoms with Crippen molar-refractivity contribution in [1.82, 2.24) is 4.98 Å². The third kappa shape index (κ3) is 3.27. The van der Waals surface area contributed by atoms with Crippen LogP contribution in [0.4, 0.5) is 0 Å². The van der Waals surface area contributed by atoms with E-state index >= 15 is 0 Å². The van der Waals surface area contributed by atoms with Gasteiger partial charge in [-0.15, -0.1) is 11.3 Å². The van der Waals surface area contributed by atoms with Crippen molar-refractivity contribution in [3.8, 4) is 0 Å². The highest BCUT2D eigenvalue weighted by atomic mass is 32.1. The first kappa shape index (κ1) is 12.5. The van der Waals surface area contributed by atoms with Crippen molar-refractivity contribution in [2.45, 2.75) is 39.2 Å². The van der Waals surface area contributed by atoms with Gasteiger partial charge >= 0.3 is 0 Å². The molecule has 3 heteroatoms. The fraction of sp³-hybridized carbons (Fsp3) is 0.500. The summed E-state index contributed by atoms with van der Waals surface area (Å²) in [5.41, 5.74) is 1.04. The molecule has 0 radical (unpaired) electrons. The van der Waals surface area contributed by atoms with Gasteiger partial charge in [-0.3, -0.25) is 0 Å². The molecule has 0 aliphatic heterocycles. The van der Waals surface area contributed by atoms with E-state index in [1.165, 1.54) is 4.70 Å². The third-order valence-electron chi connectivity index (χ3n) is 3.12. The highest BCUT2D eigenvalue weighted by Gasteiger charge is 2.12. The molecule has 2 aromatic rings. The maximum absolute atomic E-state index is 10.00. The lowest BCUT2D eigenvalue weighted by molar-refractivity contribution is 0.144. The van der Waals surface area contributed by atoms with Crippen LogP contribution in [0.2, 0.25) is 0 Å². The van der Waals surface area contributed by atoms with Gasteiger partial charge in [-0.1, -0.05) is 32.4 Å². The van der Waals surface area contributed by atoms with E-state index < -0.39 is 0 Å². The van der Waals surface area contributed by atoms with Gasteiger partial charge in [-0.25, -0.2) is 4.98 Å². The molecule has 0 saturated carbocycles. The molecule has 17 heavy (non-hydrogen) atoms. The molecule has 1 aromatic heterocycles. The van der Waals surface area contributed by atoms with Crippen LogP contribution in [-0.4, -0.2) is 16.2 Å². The summed E-state index contributed by atoms with van der Waals surface area (Å²) in [6, 6.07) is 8.13. The minimum atomic E-state index is -0.259. The summed E-state index contributed by atoms with van der Waals surface area (Å²) in [6.45, 7) is 4.34. The zero-order chi connectivity index (χ0) is 12.3. The number of aliphatic hydroxyl groups excluding tert-OH is 1. The van der Waals surface area contributed by atoms with Crippen LogP contribution in [0.1, 0.15) is 31.7 Å². The second-order valence-corrected chi connectivity index (χ2v) is 5.80. The van der Waals surface area contributed by atoms with Gasteiger partial charge in [-0.05, 0) is 24.5 Å². The van der Waals surface area contributed by atoms with Gasteiger partial charge in [0, 0.05) is 6.42 Å². The van der Waals surface area contributed by atoms with E-state index in [4.69, 9.17) is 0 Å². The Balaban J connectivity index is 2.03. The smallest absolute Gasteiger partial charge is 0.0964 e. The van der Waals surface area contributed by atoms with Crippen LogP contribution < -0.4 is 0 Å². The van der Waals surface area contributed by atoms with Gasteiger partial charge in [0.2, 0.25) is 0 Å². The van der Waals surface area contributed by atoms with Gasteiger partial charge in [0.1, 0.15) is 0 Å². The lowest BCUT2D eigenvalue weighted by Gasteiger charge is -2.13. The molecule has 92 valence electrons. The molecule has 2 unspecified atom stereocenters. The number of hydrogen-bond donors (Lipinski definition) is 1. The minimum Gasteiger partial charge on any atom is -0.393 e. The van der Waals surface area contributed by atoms with E-state index in [0.717, 1.165) is 23.4 Å². The molecule has 0 spiro atoms. The maximum Gasteiger partial charge on any atom is 0.0964 e. The molecule has 0 bridgehead atoms. The standard InChI is InChI=1S/C14H19NOS/c1-3-10(2)8-11(16)9-14-15-12-6-4-5-7-13(12)17-14/h4-7,10-11,16H,3,8-9H2,1-2H3. The number of nitrogens with zero attached hydrogens (tertiary/aromatic N) is 1. The van der Waals surface area contributed by atoms with E-state index in [1.807, 2.05) is 18.2 Å². The third-order valence-corrected chi connectivity index (χ3v) is 4.18. The van der Waals surface area contributed by atoms with Gasteiger partial charge in [0.25, 0.3) is 0 Å². The fourth-order valence-electron chi connectivity index (χ4n) is 1.92. The highest BCUT2D eigenvalue weighted by molar-refractivity contribution is 7.18. The summed E-state index contributed by atoms with van der Waals surface area (Å²) in [7, 11) is 0. The number of aliphatic hydroxyl groups is 1. The summed E-state index contributed by atoms with van der Waals surface area (Å²) in [4.78, 5) is 4.54. The van der Waals surface area contributed by atoms with Crippen molar-refractivity contribution in [1.29, 1.82) is 0 Å². The number of thiazole rings is 1. The molecule has 0 amide bonds.